The SMILES string of the molecule is CCCCOc1ccc(/C=C/c2nc3cc([N+](=O)[O-])ccc3s2)cc1OCC. The molecule has 3 aromatic rings. The van der Waals surface area contributed by atoms with E-state index in [1.54, 1.807) is 6.07 Å². The van der Waals surface area contributed by atoms with Gasteiger partial charge in [0.25, 0.3) is 5.69 Å². The molecule has 1 heterocycles. The standard InChI is InChI=1S/C21H22N2O4S/c1-3-5-12-27-18-9-6-15(13-19(18)26-4-2)7-11-21-22-17-14-16(23(24)25)8-10-20(17)28-21/h6-11,13-14H,3-5,12H2,1-2H3/b11-7+. The highest BCUT2D eigenvalue weighted by Gasteiger charge is 2.09. The van der Waals surface area contributed by atoms with Crippen molar-refractivity contribution < 1.29 is 14.4 Å². The van der Waals surface area contributed by atoms with Crippen molar-refractivity contribution in [3.63, 3.8) is 0 Å². The Morgan fingerprint density at radius 2 is 1.96 bits per heavy atom. The first-order valence-electron chi connectivity index (χ1n) is 9.23. The highest BCUT2D eigenvalue weighted by molar-refractivity contribution is 7.19. The molecule has 6 nitrogen and oxygen atoms in total. The number of non-ortho nitro benzene ring substituents is 1. The topological polar surface area (TPSA) is 74.5 Å². The van der Waals surface area contributed by atoms with Crippen LogP contribution in [0, 0.1) is 10.1 Å². The minimum atomic E-state index is -0.409. The molecular weight excluding hydrogens is 376 g/mol. The summed E-state index contributed by atoms with van der Waals surface area (Å²) >= 11 is 1.49. The molecule has 0 bridgehead atoms. The van der Waals surface area contributed by atoms with Gasteiger partial charge in [-0.2, -0.15) is 0 Å². The first-order chi connectivity index (χ1) is 13.6. The van der Waals surface area contributed by atoms with E-state index in [2.05, 4.69) is 11.9 Å². The molecule has 0 unspecified atom stereocenters. The monoisotopic (exact) mass is 398 g/mol. The Labute approximate surface area is 167 Å². The molecule has 0 saturated carbocycles. The van der Waals surface area contributed by atoms with Crippen LogP contribution in [0.4, 0.5) is 5.69 Å². The van der Waals surface area contributed by atoms with Crippen LogP contribution in [0.25, 0.3) is 22.4 Å². The maximum Gasteiger partial charge on any atom is 0.271 e. The third-order valence-corrected chi connectivity index (χ3v) is 5.04. The first-order valence-corrected chi connectivity index (χ1v) is 10.0. The number of benzene rings is 2. The number of aromatic nitrogens is 1. The van der Waals surface area contributed by atoms with Crippen molar-refractivity contribution in [2.45, 2.75) is 26.7 Å². The fourth-order valence-electron chi connectivity index (χ4n) is 2.63. The highest BCUT2D eigenvalue weighted by atomic mass is 32.1. The number of nitro groups is 1. The van der Waals surface area contributed by atoms with E-state index in [4.69, 9.17) is 9.47 Å². The van der Waals surface area contributed by atoms with Crippen molar-refractivity contribution in [3.05, 3.63) is 57.1 Å². The van der Waals surface area contributed by atoms with Crippen LogP contribution in [0.5, 0.6) is 11.5 Å². The molecule has 7 heteroatoms. The molecule has 0 saturated heterocycles. The number of nitrogens with zero attached hydrogens (tertiary/aromatic N) is 2. The molecule has 0 aliphatic carbocycles. The lowest BCUT2D eigenvalue weighted by molar-refractivity contribution is -0.384. The molecule has 0 radical (unpaired) electrons. The van der Waals surface area contributed by atoms with E-state index in [1.807, 2.05) is 37.3 Å². The minimum Gasteiger partial charge on any atom is -0.490 e. The Morgan fingerprint density at radius 1 is 1.11 bits per heavy atom. The van der Waals surface area contributed by atoms with Gasteiger partial charge in [-0.15, -0.1) is 11.3 Å². The van der Waals surface area contributed by atoms with Crippen LogP contribution in [0.15, 0.2) is 36.4 Å². The molecule has 0 N–H and O–H groups in total. The maximum absolute atomic E-state index is 10.9. The Balaban J connectivity index is 1.80. The molecule has 0 amide bonds. The van der Waals surface area contributed by atoms with Crippen LogP contribution in [-0.2, 0) is 0 Å². The van der Waals surface area contributed by atoms with Crippen LogP contribution in [0.3, 0.4) is 0 Å². The summed E-state index contributed by atoms with van der Waals surface area (Å²) in [5, 5.41) is 11.7. The number of nitro benzene ring substituents is 1. The Hall–Kier alpha value is -2.93. The number of rotatable bonds is 9. The van der Waals surface area contributed by atoms with Gasteiger partial charge in [-0.25, -0.2) is 4.98 Å². The molecule has 0 aliphatic heterocycles. The van der Waals surface area contributed by atoms with Crippen LogP contribution >= 0.6 is 11.3 Å². The minimum absolute atomic E-state index is 0.0494. The Morgan fingerprint density at radius 3 is 2.71 bits per heavy atom. The third kappa shape index (κ3) is 4.86. The average Bonchev–Trinajstić information content (AvgIpc) is 3.10. The summed E-state index contributed by atoms with van der Waals surface area (Å²) in [5.41, 5.74) is 1.65. The van der Waals surface area contributed by atoms with Gasteiger partial charge < -0.3 is 9.47 Å². The number of hydrogen-bond donors (Lipinski definition) is 0. The Bertz CT molecular complexity index is 997. The number of fused-ring (bicyclic) bond motifs is 1. The zero-order valence-electron chi connectivity index (χ0n) is 15.9. The van der Waals surface area contributed by atoms with Gasteiger partial charge in [0.1, 0.15) is 5.01 Å². The average molecular weight is 398 g/mol. The van der Waals surface area contributed by atoms with Crippen molar-refractivity contribution in [2.24, 2.45) is 0 Å². The zero-order valence-corrected chi connectivity index (χ0v) is 16.7. The largest absolute Gasteiger partial charge is 0.490 e. The molecule has 0 spiro atoms. The number of hydrogen-bond acceptors (Lipinski definition) is 6. The number of thiazole rings is 1. The van der Waals surface area contributed by atoms with Gasteiger partial charge in [0.05, 0.1) is 28.4 Å². The second kappa shape index (κ2) is 9.32. The van der Waals surface area contributed by atoms with E-state index < -0.39 is 4.92 Å². The fraction of sp³-hybridized carbons (Fsp3) is 0.286. The molecule has 146 valence electrons. The maximum atomic E-state index is 10.9. The van der Waals surface area contributed by atoms with Gasteiger partial charge >= 0.3 is 0 Å². The fourth-order valence-corrected chi connectivity index (χ4v) is 3.48. The smallest absolute Gasteiger partial charge is 0.271 e. The molecule has 2 aromatic carbocycles. The van der Waals surface area contributed by atoms with Crippen LogP contribution in [0.2, 0.25) is 0 Å². The van der Waals surface area contributed by atoms with Crippen LogP contribution < -0.4 is 9.47 Å². The second-order valence-electron chi connectivity index (χ2n) is 6.14. The lowest BCUT2D eigenvalue weighted by Crippen LogP contribution is -2.00. The second-order valence-corrected chi connectivity index (χ2v) is 7.20. The summed E-state index contributed by atoms with van der Waals surface area (Å²) in [4.78, 5) is 15.0. The Kier molecular flexibility index (Phi) is 6.60. The van der Waals surface area contributed by atoms with Crippen molar-refractivity contribution in [3.8, 4) is 11.5 Å². The summed E-state index contributed by atoms with van der Waals surface area (Å²) in [7, 11) is 0. The van der Waals surface area contributed by atoms with Gasteiger partial charge in [-0.05, 0) is 43.2 Å². The van der Waals surface area contributed by atoms with E-state index in [0.29, 0.717) is 18.7 Å². The van der Waals surface area contributed by atoms with Crippen molar-refractivity contribution in [2.75, 3.05) is 13.2 Å². The van der Waals surface area contributed by atoms with Crippen LogP contribution in [-0.4, -0.2) is 23.1 Å². The summed E-state index contributed by atoms with van der Waals surface area (Å²) in [6, 6.07) is 10.6. The molecule has 1 aromatic heterocycles. The van der Waals surface area contributed by atoms with Crippen molar-refractivity contribution >= 4 is 39.4 Å². The summed E-state index contributed by atoms with van der Waals surface area (Å²) < 4.78 is 12.4. The first kappa shape index (κ1) is 19.8. The van der Waals surface area contributed by atoms with E-state index in [0.717, 1.165) is 39.6 Å². The van der Waals surface area contributed by atoms with E-state index in [9.17, 15) is 10.1 Å². The molecule has 28 heavy (non-hydrogen) atoms. The van der Waals surface area contributed by atoms with Gasteiger partial charge in [-0.1, -0.05) is 25.5 Å². The van der Waals surface area contributed by atoms with Gasteiger partial charge in [0.15, 0.2) is 11.5 Å². The quantitative estimate of drug-likeness (QED) is 0.253. The van der Waals surface area contributed by atoms with Crippen molar-refractivity contribution in [1.29, 1.82) is 0 Å². The zero-order chi connectivity index (χ0) is 19.9. The predicted octanol–water partition coefficient (Wildman–Crippen LogP) is 5.95. The van der Waals surface area contributed by atoms with E-state index in [1.165, 1.54) is 23.5 Å². The normalized spacial score (nSPS) is 11.2. The summed E-state index contributed by atoms with van der Waals surface area (Å²) in [6.45, 7) is 5.30. The van der Waals surface area contributed by atoms with Crippen molar-refractivity contribution in [1.82, 2.24) is 4.98 Å². The highest BCUT2D eigenvalue weighted by Crippen LogP contribution is 2.30. The number of ether oxygens (including phenoxy) is 2. The lowest BCUT2D eigenvalue weighted by atomic mass is 10.2. The number of unbranched alkanes of at least 4 members (excludes halogenated alkanes) is 1. The van der Waals surface area contributed by atoms with Crippen LogP contribution in [0.1, 0.15) is 37.3 Å². The van der Waals surface area contributed by atoms with E-state index in [-0.39, 0.29) is 5.69 Å². The summed E-state index contributed by atoms with van der Waals surface area (Å²) in [6.07, 6.45) is 5.93. The molecule has 0 aliphatic rings. The van der Waals surface area contributed by atoms with Gasteiger partial charge in [0.2, 0.25) is 0 Å². The molecule has 0 fully saturated rings. The van der Waals surface area contributed by atoms with E-state index >= 15 is 0 Å². The van der Waals surface area contributed by atoms with Gasteiger partial charge in [-0.3, -0.25) is 10.1 Å². The summed E-state index contributed by atoms with van der Waals surface area (Å²) in [5.74, 6) is 1.47. The molecular formula is C21H22N2O4S. The van der Waals surface area contributed by atoms with Gasteiger partial charge in [0, 0.05) is 12.1 Å². The molecule has 0 atom stereocenters. The third-order valence-electron chi connectivity index (χ3n) is 4.04. The molecule has 3 rings (SSSR count). The predicted molar refractivity (Wildman–Crippen MR) is 113 cm³/mol. The lowest BCUT2D eigenvalue weighted by Gasteiger charge is -2.12.